The zero-order chi connectivity index (χ0) is 17.9. The topological polar surface area (TPSA) is 77.1 Å². The van der Waals surface area contributed by atoms with Crippen LogP contribution < -0.4 is 10.2 Å². The van der Waals surface area contributed by atoms with Gasteiger partial charge in [-0.25, -0.2) is 0 Å². The van der Waals surface area contributed by atoms with Gasteiger partial charge in [0.1, 0.15) is 6.10 Å². The molecule has 3 fully saturated rings. The molecule has 26 heavy (non-hydrogen) atoms. The Morgan fingerprint density at radius 3 is 2.58 bits per heavy atom. The number of nitrogens with zero attached hydrogens (tertiary/aromatic N) is 1. The fourth-order valence-electron chi connectivity index (χ4n) is 3.57. The first-order chi connectivity index (χ1) is 12.7. The zero-order valence-corrected chi connectivity index (χ0v) is 14.7. The Morgan fingerprint density at radius 1 is 1.15 bits per heavy atom. The molecule has 0 aliphatic carbocycles. The van der Waals surface area contributed by atoms with Crippen molar-refractivity contribution in [3.05, 3.63) is 24.3 Å². The number of carbonyl (C=O) groups is 2. The summed E-state index contributed by atoms with van der Waals surface area (Å²) in [6.45, 7) is 2.02. The lowest BCUT2D eigenvalue weighted by Gasteiger charge is -2.30. The SMILES string of the molecule is O=C(CCC1CCC(C2OCCO2)O1)Nc1ccc(N2CCC2=O)cc1. The van der Waals surface area contributed by atoms with E-state index in [4.69, 9.17) is 14.2 Å². The first kappa shape index (κ1) is 17.5. The Bertz CT molecular complexity index is 656. The molecule has 140 valence electrons. The van der Waals surface area contributed by atoms with Gasteiger partial charge in [-0.2, -0.15) is 0 Å². The van der Waals surface area contributed by atoms with Crippen LogP contribution in [0.3, 0.4) is 0 Å². The van der Waals surface area contributed by atoms with Gasteiger partial charge in [-0.1, -0.05) is 0 Å². The molecule has 1 N–H and O–H groups in total. The number of β-lactam (4-membered cyclic amide) rings is 1. The predicted octanol–water partition coefficient (Wildman–Crippen LogP) is 2.06. The first-order valence-electron chi connectivity index (χ1n) is 9.28. The highest BCUT2D eigenvalue weighted by Gasteiger charge is 2.35. The Morgan fingerprint density at radius 2 is 1.92 bits per heavy atom. The van der Waals surface area contributed by atoms with Gasteiger partial charge >= 0.3 is 0 Å². The Kier molecular flexibility index (Phi) is 5.19. The van der Waals surface area contributed by atoms with Crippen LogP contribution in [0, 0.1) is 0 Å². The molecule has 3 heterocycles. The van der Waals surface area contributed by atoms with Crippen LogP contribution in [0.25, 0.3) is 0 Å². The van der Waals surface area contributed by atoms with E-state index in [1.165, 1.54) is 0 Å². The van der Waals surface area contributed by atoms with Crippen LogP contribution in [-0.4, -0.2) is 50.1 Å². The average molecular weight is 360 g/mol. The van der Waals surface area contributed by atoms with E-state index >= 15 is 0 Å². The maximum absolute atomic E-state index is 12.2. The molecule has 0 spiro atoms. The number of anilines is 2. The Balaban J connectivity index is 1.20. The van der Waals surface area contributed by atoms with Gasteiger partial charge in [-0.05, 0) is 43.5 Å². The van der Waals surface area contributed by atoms with Crippen LogP contribution >= 0.6 is 0 Å². The summed E-state index contributed by atoms with van der Waals surface area (Å²) in [6, 6.07) is 7.38. The molecule has 3 aliphatic heterocycles. The number of rotatable bonds is 6. The molecule has 2 amide bonds. The van der Waals surface area contributed by atoms with Crippen molar-refractivity contribution in [2.45, 2.75) is 50.6 Å². The van der Waals surface area contributed by atoms with Gasteiger partial charge in [-0.3, -0.25) is 9.59 Å². The molecule has 1 aromatic carbocycles. The van der Waals surface area contributed by atoms with Gasteiger partial charge < -0.3 is 24.4 Å². The molecule has 7 heteroatoms. The average Bonchev–Trinajstić information content (AvgIpc) is 3.31. The van der Waals surface area contributed by atoms with Gasteiger partial charge in [0, 0.05) is 30.8 Å². The van der Waals surface area contributed by atoms with Crippen LogP contribution in [0.15, 0.2) is 24.3 Å². The van der Waals surface area contributed by atoms with Crippen molar-refractivity contribution in [1.82, 2.24) is 0 Å². The first-order valence-corrected chi connectivity index (χ1v) is 9.28. The largest absolute Gasteiger partial charge is 0.370 e. The lowest BCUT2D eigenvalue weighted by Crippen LogP contribution is -2.43. The summed E-state index contributed by atoms with van der Waals surface area (Å²) >= 11 is 0. The van der Waals surface area contributed by atoms with Crippen molar-refractivity contribution in [3.8, 4) is 0 Å². The number of carbonyl (C=O) groups excluding carboxylic acids is 2. The highest BCUT2D eigenvalue weighted by atomic mass is 16.7. The molecule has 2 unspecified atom stereocenters. The minimum absolute atomic E-state index is 0.0117. The third kappa shape index (κ3) is 3.90. The van der Waals surface area contributed by atoms with Crippen molar-refractivity contribution in [1.29, 1.82) is 0 Å². The molecule has 3 aliphatic rings. The molecule has 0 radical (unpaired) electrons. The molecule has 1 aromatic rings. The van der Waals surface area contributed by atoms with Crippen LogP contribution in [0.4, 0.5) is 11.4 Å². The van der Waals surface area contributed by atoms with E-state index < -0.39 is 0 Å². The molecule has 7 nitrogen and oxygen atoms in total. The van der Waals surface area contributed by atoms with Gasteiger partial charge in [0.15, 0.2) is 6.29 Å². The minimum Gasteiger partial charge on any atom is -0.370 e. The van der Waals surface area contributed by atoms with E-state index in [0.29, 0.717) is 32.5 Å². The van der Waals surface area contributed by atoms with E-state index in [0.717, 1.165) is 30.8 Å². The number of ether oxygens (including phenoxy) is 3. The van der Waals surface area contributed by atoms with E-state index in [1.54, 1.807) is 4.90 Å². The summed E-state index contributed by atoms with van der Waals surface area (Å²) in [5, 5.41) is 2.90. The van der Waals surface area contributed by atoms with Crippen molar-refractivity contribution in [3.63, 3.8) is 0 Å². The standard InChI is InChI=1S/C19H24N2O5/c22-17(8-6-15-5-7-16(26-15)19-24-11-12-25-19)20-13-1-3-14(4-2-13)21-10-9-18(21)23/h1-4,15-16,19H,5-12H2,(H,20,22). The second kappa shape index (κ2) is 7.73. The highest BCUT2D eigenvalue weighted by molar-refractivity contribution is 5.99. The molecule has 4 rings (SSSR count). The summed E-state index contributed by atoms with van der Waals surface area (Å²) in [7, 11) is 0. The highest BCUT2D eigenvalue weighted by Crippen LogP contribution is 2.28. The van der Waals surface area contributed by atoms with Gasteiger partial charge in [0.05, 0.1) is 19.3 Å². The predicted molar refractivity (Wildman–Crippen MR) is 94.9 cm³/mol. The number of hydrogen-bond donors (Lipinski definition) is 1. The summed E-state index contributed by atoms with van der Waals surface area (Å²) in [5.41, 5.74) is 1.62. The lowest BCUT2D eigenvalue weighted by molar-refractivity contribution is -0.139. The van der Waals surface area contributed by atoms with Gasteiger partial charge in [0.2, 0.25) is 11.8 Å². The fourth-order valence-corrected chi connectivity index (χ4v) is 3.57. The van der Waals surface area contributed by atoms with E-state index in [-0.39, 0.29) is 30.3 Å². The molecule has 0 bridgehead atoms. The number of nitrogens with one attached hydrogen (secondary N) is 1. The third-order valence-electron chi connectivity index (χ3n) is 5.10. The molecule has 0 saturated carbocycles. The van der Waals surface area contributed by atoms with Crippen LogP contribution in [0.5, 0.6) is 0 Å². The summed E-state index contributed by atoms with van der Waals surface area (Å²) in [4.78, 5) is 25.3. The summed E-state index contributed by atoms with van der Waals surface area (Å²) in [5.74, 6) is 0.114. The Hall–Kier alpha value is -1.96. The van der Waals surface area contributed by atoms with E-state index in [2.05, 4.69) is 5.32 Å². The third-order valence-corrected chi connectivity index (χ3v) is 5.10. The van der Waals surface area contributed by atoms with E-state index in [1.807, 2.05) is 24.3 Å². The second-order valence-corrected chi connectivity index (χ2v) is 6.91. The normalized spacial score (nSPS) is 26.2. The van der Waals surface area contributed by atoms with Crippen molar-refractivity contribution >= 4 is 23.2 Å². The summed E-state index contributed by atoms with van der Waals surface area (Å²) < 4.78 is 16.9. The number of benzene rings is 1. The van der Waals surface area contributed by atoms with E-state index in [9.17, 15) is 9.59 Å². The number of hydrogen-bond acceptors (Lipinski definition) is 5. The maximum Gasteiger partial charge on any atom is 0.228 e. The lowest BCUT2D eigenvalue weighted by atomic mass is 10.1. The molecule has 3 saturated heterocycles. The monoisotopic (exact) mass is 360 g/mol. The van der Waals surface area contributed by atoms with Crippen LogP contribution in [0.1, 0.15) is 32.1 Å². The van der Waals surface area contributed by atoms with Crippen LogP contribution in [-0.2, 0) is 23.8 Å². The van der Waals surface area contributed by atoms with Crippen molar-refractivity contribution in [2.24, 2.45) is 0 Å². The molecule has 2 atom stereocenters. The molecule has 0 aromatic heterocycles. The maximum atomic E-state index is 12.2. The Labute approximate surface area is 152 Å². The zero-order valence-electron chi connectivity index (χ0n) is 14.7. The van der Waals surface area contributed by atoms with Gasteiger partial charge in [0.25, 0.3) is 0 Å². The molecular formula is C19H24N2O5. The smallest absolute Gasteiger partial charge is 0.228 e. The quantitative estimate of drug-likeness (QED) is 0.786. The summed E-state index contributed by atoms with van der Waals surface area (Å²) in [6.07, 6.45) is 3.38. The fraction of sp³-hybridized carbons (Fsp3) is 0.579. The van der Waals surface area contributed by atoms with Crippen molar-refractivity contribution < 1.29 is 23.8 Å². The van der Waals surface area contributed by atoms with Crippen LogP contribution in [0.2, 0.25) is 0 Å². The number of amides is 2. The second-order valence-electron chi connectivity index (χ2n) is 6.91. The molecular weight excluding hydrogens is 336 g/mol. The minimum atomic E-state index is -0.245. The van der Waals surface area contributed by atoms with Crippen molar-refractivity contribution in [2.75, 3.05) is 30.0 Å². The van der Waals surface area contributed by atoms with Gasteiger partial charge in [-0.15, -0.1) is 0 Å².